The Morgan fingerprint density at radius 1 is 1.23 bits per heavy atom. The largest absolute Gasteiger partial charge is 0.469 e. The van der Waals surface area contributed by atoms with Crippen LogP contribution in [0.5, 0.6) is 0 Å². The smallest absolute Gasteiger partial charge is 0.306 e. The molecule has 0 saturated heterocycles. The van der Waals surface area contributed by atoms with E-state index < -0.39 is 0 Å². The van der Waals surface area contributed by atoms with Crippen molar-refractivity contribution in [3.8, 4) is 0 Å². The number of carbonyl (C=O) groups excluding carboxylic acids is 1. The third-order valence-corrected chi connectivity index (χ3v) is 3.05. The van der Waals surface area contributed by atoms with E-state index in [0.717, 1.165) is 31.4 Å². The molecule has 1 unspecified atom stereocenters. The third kappa shape index (κ3) is 10.3. The fraction of sp³-hybridized carbons (Fsp3) is 0.632. The summed E-state index contributed by atoms with van der Waals surface area (Å²) in [6.07, 6.45) is 10.5. The summed E-state index contributed by atoms with van der Waals surface area (Å²) in [4.78, 5) is 11.3. The monoisotopic (exact) mass is 308 g/mol. The molecule has 0 bridgehead atoms. The molecule has 1 aromatic rings. The molecule has 1 aromatic heterocycles. The number of carbonyl (C=O) groups is 1. The molecule has 0 aromatic carbocycles. The van der Waals surface area contributed by atoms with Crippen LogP contribution in [-0.2, 0) is 9.53 Å². The van der Waals surface area contributed by atoms with Gasteiger partial charge in [-0.15, -0.1) is 0 Å². The molecule has 0 aliphatic rings. The van der Waals surface area contributed by atoms with Crippen molar-refractivity contribution >= 4 is 5.97 Å². The van der Waals surface area contributed by atoms with Crippen LogP contribution in [0.4, 0.5) is 0 Å². The second kappa shape index (κ2) is 13.2. The number of rotatable bonds is 9. The van der Waals surface area contributed by atoms with Crippen molar-refractivity contribution in [3.63, 3.8) is 0 Å². The molecule has 0 spiro atoms. The lowest BCUT2D eigenvalue weighted by Gasteiger charge is -2.07. The highest BCUT2D eigenvalue weighted by Gasteiger charge is 2.05. The molecule has 0 amide bonds. The number of ether oxygens (including phenoxy) is 1. The summed E-state index contributed by atoms with van der Waals surface area (Å²) in [6.45, 7) is 9.91. The highest BCUT2D eigenvalue weighted by atomic mass is 16.5. The third-order valence-electron chi connectivity index (χ3n) is 3.05. The molecule has 0 N–H and O–H groups in total. The topological polar surface area (TPSA) is 39.4 Å². The number of allylic oxidation sites excluding steroid dienone is 2. The van der Waals surface area contributed by atoms with Crippen molar-refractivity contribution in [3.05, 3.63) is 36.3 Å². The van der Waals surface area contributed by atoms with Crippen molar-refractivity contribution in [2.45, 2.75) is 78.7 Å². The fourth-order valence-electron chi connectivity index (χ4n) is 1.96. The minimum absolute atomic E-state index is 0.00881. The summed E-state index contributed by atoms with van der Waals surface area (Å²) in [5.74, 6) is 1.36. The van der Waals surface area contributed by atoms with E-state index in [-0.39, 0.29) is 12.1 Å². The number of esters is 1. The Kier molecular flexibility index (Phi) is 12.3. The maximum atomic E-state index is 11.3. The average molecular weight is 308 g/mol. The molecule has 0 aliphatic heterocycles. The molecule has 1 heterocycles. The standard InChI is InChI=1S/C17H26O3.C2H6/c1-14(2)20-17(18)12-8-6-4-5-7-10-15(3)16-11-9-13-19-16;1-2/h5,7,9,11,13-15H,4,6,8,10,12H2,1-3H3;1-2H3/b7-5-;. The maximum absolute atomic E-state index is 11.3. The molecular formula is C19H32O3. The minimum atomic E-state index is -0.0876. The van der Waals surface area contributed by atoms with Crippen LogP contribution in [0.1, 0.15) is 78.4 Å². The second-order valence-corrected chi connectivity index (χ2v) is 5.41. The van der Waals surface area contributed by atoms with Crippen LogP contribution in [0.2, 0.25) is 0 Å². The summed E-state index contributed by atoms with van der Waals surface area (Å²) in [5, 5.41) is 0. The SMILES string of the molecule is CC.CC(C)OC(=O)CCCC/C=C\CC(C)c1ccco1. The predicted molar refractivity (Wildman–Crippen MR) is 91.9 cm³/mol. The summed E-state index contributed by atoms with van der Waals surface area (Å²) in [6, 6.07) is 3.94. The van der Waals surface area contributed by atoms with Gasteiger partial charge in [-0.2, -0.15) is 0 Å². The first kappa shape index (κ1) is 20.5. The van der Waals surface area contributed by atoms with Crippen molar-refractivity contribution in [2.75, 3.05) is 0 Å². The van der Waals surface area contributed by atoms with Crippen LogP contribution in [-0.4, -0.2) is 12.1 Å². The average Bonchev–Trinajstić information content (AvgIpc) is 3.01. The number of hydrogen-bond acceptors (Lipinski definition) is 3. The van der Waals surface area contributed by atoms with E-state index in [1.165, 1.54) is 0 Å². The van der Waals surface area contributed by atoms with Crippen LogP contribution in [0, 0.1) is 0 Å². The fourth-order valence-corrected chi connectivity index (χ4v) is 1.96. The van der Waals surface area contributed by atoms with Gasteiger partial charge in [0.1, 0.15) is 5.76 Å². The van der Waals surface area contributed by atoms with Gasteiger partial charge in [-0.3, -0.25) is 4.79 Å². The lowest BCUT2D eigenvalue weighted by molar-refractivity contribution is -0.147. The summed E-state index contributed by atoms with van der Waals surface area (Å²) in [5.41, 5.74) is 0. The van der Waals surface area contributed by atoms with Gasteiger partial charge in [-0.05, 0) is 51.7 Å². The van der Waals surface area contributed by atoms with Gasteiger partial charge in [0.2, 0.25) is 0 Å². The van der Waals surface area contributed by atoms with Crippen molar-refractivity contribution < 1.29 is 13.9 Å². The minimum Gasteiger partial charge on any atom is -0.469 e. The Balaban J connectivity index is 0.00000211. The molecule has 3 heteroatoms. The lowest BCUT2D eigenvalue weighted by Crippen LogP contribution is -2.10. The predicted octanol–water partition coefficient (Wildman–Crippen LogP) is 5.87. The molecule has 0 aliphatic carbocycles. The van der Waals surface area contributed by atoms with E-state index in [2.05, 4.69) is 19.1 Å². The van der Waals surface area contributed by atoms with Gasteiger partial charge < -0.3 is 9.15 Å². The highest BCUT2D eigenvalue weighted by molar-refractivity contribution is 5.69. The quantitative estimate of drug-likeness (QED) is 0.325. The number of unbranched alkanes of at least 4 members (excludes halogenated alkanes) is 2. The van der Waals surface area contributed by atoms with Gasteiger partial charge in [-0.1, -0.05) is 32.9 Å². The van der Waals surface area contributed by atoms with Gasteiger partial charge in [-0.25, -0.2) is 0 Å². The van der Waals surface area contributed by atoms with Gasteiger partial charge in [0.25, 0.3) is 0 Å². The molecule has 3 nitrogen and oxygen atoms in total. The summed E-state index contributed by atoms with van der Waals surface area (Å²) in [7, 11) is 0. The molecule has 1 rings (SSSR count). The Hall–Kier alpha value is -1.51. The van der Waals surface area contributed by atoms with E-state index in [4.69, 9.17) is 9.15 Å². The van der Waals surface area contributed by atoms with Gasteiger partial charge in [0.15, 0.2) is 0 Å². The van der Waals surface area contributed by atoms with Crippen LogP contribution in [0.25, 0.3) is 0 Å². The second-order valence-electron chi connectivity index (χ2n) is 5.41. The first-order chi connectivity index (χ1) is 10.6. The summed E-state index contributed by atoms with van der Waals surface area (Å²) >= 11 is 0. The Morgan fingerprint density at radius 2 is 1.95 bits per heavy atom. The van der Waals surface area contributed by atoms with E-state index in [9.17, 15) is 4.79 Å². The van der Waals surface area contributed by atoms with E-state index >= 15 is 0 Å². The van der Waals surface area contributed by atoms with Crippen LogP contribution in [0.3, 0.4) is 0 Å². The zero-order chi connectivity index (χ0) is 16.8. The zero-order valence-electron chi connectivity index (χ0n) is 14.8. The molecule has 1 atom stereocenters. The van der Waals surface area contributed by atoms with Crippen LogP contribution < -0.4 is 0 Å². The van der Waals surface area contributed by atoms with Gasteiger partial charge in [0, 0.05) is 12.3 Å². The highest BCUT2D eigenvalue weighted by Crippen LogP contribution is 2.19. The molecule has 22 heavy (non-hydrogen) atoms. The van der Waals surface area contributed by atoms with Crippen LogP contribution in [0.15, 0.2) is 35.0 Å². The molecule has 0 radical (unpaired) electrons. The van der Waals surface area contributed by atoms with E-state index in [0.29, 0.717) is 12.3 Å². The van der Waals surface area contributed by atoms with Crippen molar-refractivity contribution in [1.82, 2.24) is 0 Å². The first-order valence-corrected chi connectivity index (χ1v) is 8.47. The van der Waals surface area contributed by atoms with Crippen molar-refractivity contribution in [1.29, 1.82) is 0 Å². The van der Waals surface area contributed by atoms with Crippen LogP contribution >= 0.6 is 0 Å². The zero-order valence-corrected chi connectivity index (χ0v) is 14.8. The number of furan rings is 1. The Labute approximate surface area is 135 Å². The summed E-state index contributed by atoms with van der Waals surface area (Å²) < 4.78 is 10.4. The molecule has 126 valence electrons. The number of hydrogen-bond donors (Lipinski definition) is 0. The molecular weight excluding hydrogens is 276 g/mol. The normalized spacial score (nSPS) is 12.1. The lowest BCUT2D eigenvalue weighted by atomic mass is 10.0. The van der Waals surface area contributed by atoms with Gasteiger partial charge in [0.05, 0.1) is 12.4 Å². The van der Waals surface area contributed by atoms with Gasteiger partial charge >= 0.3 is 5.97 Å². The van der Waals surface area contributed by atoms with Crippen molar-refractivity contribution in [2.24, 2.45) is 0 Å². The first-order valence-electron chi connectivity index (χ1n) is 8.47. The molecule has 0 fully saturated rings. The maximum Gasteiger partial charge on any atom is 0.306 e. The van der Waals surface area contributed by atoms with E-state index in [1.807, 2.05) is 39.8 Å². The Bertz CT molecular complexity index is 391. The Morgan fingerprint density at radius 3 is 2.55 bits per heavy atom. The van der Waals surface area contributed by atoms with E-state index in [1.54, 1.807) is 6.26 Å². The molecule has 0 saturated carbocycles.